The molecule has 0 bridgehead atoms. The molecule has 1 aliphatic heterocycles. The van der Waals surface area contributed by atoms with Gasteiger partial charge in [-0.1, -0.05) is 12.1 Å². The number of nitrogens with zero attached hydrogens (tertiary/aromatic N) is 3. The SMILES string of the molecule is Cn1cc(-c2ccc(CN3C(=O)C(O)(C(F)(F)F)c4cc(F)ccc43)c(F)c2)cn1. The molecule has 1 aliphatic rings. The Balaban J connectivity index is 1.73. The number of hydrogen-bond acceptors (Lipinski definition) is 3. The van der Waals surface area contributed by atoms with Gasteiger partial charge in [0.2, 0.25) is 0 Å². The van der Waals surface area contributed by atoms with Crippen molar-refractivity contribution in [2.75, 3.05) is 4.90 Å². The first kappa shape index (κ1) is 20.0. The molecule has 156 valence electrons. The van der Waals surface area contributed by atoms with E-state index in [1.54, 1.807) is 13.2 Å². The Hall–Kier alpha value is -3.27. The fourth-order valence-electron chi connectivity index (χ4n) is 3.48. The minimum absolute atomic E-state index is 0.0716. The molecule has 1 atom stereocenters. The number of hydrogen-bond donors (Lipinski definition) is 1. The Labute approximate surface area is 167 Å². The van der Waals surface area contributed by atoms with Crippen LogP contribution in [0.3, 0.4) is 0 Å². The predicted molar refractivity (Wildman–Crippen MR) is 96.1 cm³/mol. The van der Waals surface area contributed by atoms with Crippen LogP contribution in [0.1, 0.15) is 11.1 Å². The summed E-state index contributed by atoms with van der Waals surface area (Å²) in [4.78, 5) is 13.2. The average molecular weight is 423 g/mol. The number of alkyl halides is 3. The molecule has 0 fully saturated rings. The zero-order chi connectivity index (χ0) is 21.8. The Morgan fingerprint density at radius 1 is 1.10 bits per heavy atom. The molecule has 1 N–H and O–H groups in total. The van der Waals surface area contributed by atoms with E-state index in [4.69, 9.17) is 0 Å². The van der Waals surface area contributed by atoms with Crippen LogP contribution in [0.15, 0.2) is 48.8 Å². The maximum Gasteiger partial charge on any atom is 0.430 e. The van der Waals surface area contributed by atoms with Gasteiger partial charge < -0.3 is 10.0 Å². The predicted octanol–water partition coefficient (Wildman–Crippen LogP) is 3.66. The second kappa shape index (κ2) is 6.63. The number of rotatable bonds is 3. The number of carbonyl (C=O) groups excluding carboxylic acids is 1. The maximum atomic E-state index is 14.7. The highest BCUT2D eigenvalue weighted by Gasteiger charge is 2.66. The van der Waals surface area contributed by atoms with Crippen LogP contribution < -0.4 is 4.90 Å². The van der Waals surface area contributed by atoms with E-state index < -0.39 is 41.4 Å². The van der Waals surface area contributed by atoms with Gasteiger partial charge in [0.05, 0.1) is 18.4 Å². The van der Waals surface area contributed by atoms with Crippen molar-refractivity contribution in [3.8, 4) is 11.1 Å². The van der Waals surface area contributed by atoms with Crippen molar-refractivity contribution in [3.63, 3.8) is 0 Å². The van der Waals surface area contributed by atoms with Crippen molar-refractivity contribution in [1.29, 1.82) is 0 Å². The molecule has 1 amide bonds. The first-order valence-electron chi connectivity index (χ1n) is 8.71. The molecule has 0 spiro atoms. The van der Waals surface area contributed by atoms with E-state index in [-0.39, 0.29) is 11.3 Å². The summed E-state index contributed by atoms with van der Waals surface area (Å²) in [5.41, 5.74) is -4.11. The number of amides is 1. The standard InChI is InChI=1S/C20H14F5N3O2/c1-27-9-13(8-26-27)11-2-3-12(16(22)6-11)10-28-17-5-4-14(21)7-15(17)19(30,18(28)29)20(23,24)25/h2-9,30H,10H2,1H3. The number of carbonyl (C=O) groups is 1. The first-order chi connectivity index (χ1) is 14.0. The van der Waals surface area contributed by atoms with Crippen molar-refractivity contribution in [2.45, 2.75) is 18.3 Å². The molecule has 0 aliphatic carbocycles. The Kier molecular flexibility index (Phi) is 4.42. The quantitative estimate of drug-likeness (QED) is 0.655. The summed E-state index contributed by atoms with van der Waals surface area (Å²) in [6, 6.07) is 6.32. The topological polar surface area (TPSA) is 58.4 Å². The molecule has 1 unspecified atom stereocenters. The van der Waals surface area contributed by atoms with Crippen LogP contribution >= 0.6 is 0 Å². The lowest BCUT2D eigenvalue weighted by atomic mass is 9.95. The summed E-state index contributed by atoms with van der Waals surface area (Å²) in [7, 11) is 1.69. The summed E-state index contributed by atoms with van der Waals surface area (Å²) >= 11 is 0. The van der Waals surface area contributed by atoms with Gasteiger partial charge in [0.15, 0.2) is 0 Å². The fourth-order valence-corrected chi connectivity index (χ4v) is 3.48. The van der Waals surface area contributed by atoms with Crippen LogP contribution in [0.25, 0.3) is 11.1 Å². The van der Waals surface area contributed by atoms with Gasteiger partial charge in [-0.05, 0) is 29.8 Å². The van der Waals surface area contributed by atoms with Crippen LogP contribution in [0.2, 0.25) is 0 Å². The van der Waals surface area contributed by atoms with Crippen molar-refractivity contribution in [3.05, 3.63) is 71.6 Å². The third-order valence-corrected chi connectivity index (χ3v) is 5.02. The highest BCUT2D eigenvalue weighted by molar-refractivity contribution is 6.07. The second-order valence-electron chi connectivity index (χ2n) is 6.97. The summed E-state index contributed by atoms with van der Waals surface area (Å²) in [6.45, 7) is -0.574. The molecule has 5 nitrogen and oxygen atoms in total. The molecule has 30 heavy (non-hydrogen) atoms. The third-order valence-electron chi connectivity index (χ3n) is 5.02. The van der Waals surface area contributed by atoms with E-state index in [9.17, 15) is 31.9 Å². The minimum Gasteiger partial charge on any atom is -0.368 e. The Bertz CT molecular complexity index is 1160. The summed E-state index contributed by atoms with van der Waals surface area (Å²) in [5.74, 6) is -3.51. The molecule has 0 radical (unpaired) electrons. The van der Waals surface area contributed by atoms with Crippen molar-refractivity contribution >= 4 is 11.6 Å². The van der Waals surface area contributed by atoms with Crippen molar-refractivity contribution in [1.82, 2.24) is 9.78 Å². The molecule has 0 saturated heterocycles. The van der Waals surface area contributed by atoms with E-state index >= 15 is 0 Å². The van der Waals surface area contributed by atoms with Crippen LogP contribution in [0.5, 0.6) is 0 Å². The van der Waals surface area contributed by atoms with E-state index in [0.29, 0.717) is 22.1 Å². The largest absolute Gasteiger partial charge is 0.430 e. The minimum atomic E-state index is -5.38. The van der Waals surface area contributed by atoms with Crippen LogP contribution in [0.4, 0.5) is 27.6 Å². The van der Waals surface area contributed by atoms with Gasteiger partial charge in [-0.3, -0.25) is 9.48 Å². The van der Waals surface area contributed by atoms with Gasteiger partial charge in [-0.25, -0.2) is 8.78 Å². The number of halogens is 5. The first-order valence-corrected chi connectivity index (χ1v) is 8.71. The number of aromatic nitrogens is 2. The number of aryl methyl sites for hydroxylation is 1. The molecule has 0 saturated carbocycles. The fraction of sp³-hybridized carbons (Fsp3) is 0.200. The van der Waals surface area contributed by atoms with Crippen LogP contribution in [-0.2, 0) is 24.0 Å². The molecule has 2 aromatic carbocycles. The van der Waals surface area contributed by atoms with Crippen LogP contribution in [0, 0.1) is 11.6 Å². The lowest BCUT2D eigenvalue weighted by molar-refractivity contribution is -0.253. The zero-order valence-electron chi connectivity index (χ0n) is 15.4. The normalized spacial score (nSPS) is 18.8. The molecular weight excluding hydrogens is 409 g/mol. The summed E-state index contributed by atoms with van der Waals surface area (Å²) < 4.78 is 70.4. The molecule has 4 rings (SSSR count). The van der Waals surface area contributed by atoms with Crippen molar-refractivity contribution in [2.24, 2.45) is 7.05 Å². The van der Waals surface area contributed by atoms with Gasteiger partial charge in [0.25, 0.3) is 11.5 Å². The van der Waals surface area contributed by atoms with Gasteiger partial charge in [-0.15, -0.1) is 0 Å². The summed E-state index contributed by atoms with van der Waals surface area (Å²) in [5, 5.41) is 14.2. The Morgan fingerprint density at radius 2 is 1.83 bits per heavy atom. The molecule has 1 aromatic heterocycles. The smallest absolute Gasteiger partial charge is 0.368 e. The highest BCUT2D eigenvalue weighted by atomic mass is 19.4. The monoisotopic (exact) mass is 423 g/mol. The van der Waals surface area contributed by atoms with E-state index in [0.717, 1.165) is 12.1 Å². The molecule has 3 aromatic rings. The van der Waals surface area contributed by atoms with Gasteiger partial charge in [0.1, 0.15) is 11.6 Å². The lowest BCUT2D eigenvalue weighted by Crippen LogP contribution is -2.50. The average Bonchev–Trinajstić information content (AvgIpc) is 3.19. The van der Waals surface area contributed by atoms with E-state index in [1.165, 1.54) is 29.1 Å². The number of fused-ring (bicyclic) bond motifs is 1. The second-order valence-corrected chi connectivity index (χ2v) is 6.97. The number of benzene rings is 2. The third kappa shape index (κ3) is 2.95. The number of aliphatic hydroxyl groups is 1. The zero-order valence-corrected chi connectivity index (χ0v) is 15.4. The van der Waals surface area contributed by atoms with E-state index in [1.807, 2.05) is 0 Å². The molecular formula is C20H14F5N3O2. The molecule has 10 heteroatoms. The maximum absolute atomic E-state index is 14.7. The lowest BCUT2D eigenvalue weighted by Gasteiger charge is -2.25. The van der Waals surface area contributed by atoms with Gasteiger partial charge in [0, 0.05) is 29.9 Å². The Morgan fingerprint density at radius 3 is 2.43 bits per heavy atom. The van der Waals surface area contributed by atoms with E-state index in [2.05, 4.69) is 5.10 Å². The molecule has 2 heterocycles. The number of anilines is 1. The summed E-state index contributed by atoms with van der Waals surface area (Å²) in [6.07, 6.45) is -2.20. The van der Waals surface area contributed by atoms with Crippen molar-refractivity contribution < 1.29 is 31.9 Å². The highest BCUT2D eigenvalue weighted by Crippen LogP contribution is 2.50. The van der Waals surface area contributed by atoms with Gasteiger partial charge in [-0.2, -0.15) is 18.3 Å². The van der Waals surface area contributed by atoms with Crippen LogP contribution in [-0.4, -0.2) is 27.0 Å². The van der Waals surface area contributed by atoms with Gasteiger partial charge >= 0.3 is 6.18 Å².